The summed E-state index contributed by atoms with van der Waals surface area (Å²) in [5.41, 5.74) is 0.711. The van der Waals surface area contributed by atoms with Crippen LogP contribution in [0.1, 0.15) is 37.7 Å². The molecule has 0 aliphatic heterocycles. The molecule has 1 aliphatic carbocycles. The molecule has 1 fully saturated rings. The zero-order valence-electron chi connectivity index (χ0n) is 8.32. The molecule has 14 heavy (non-hydrogen) atoms. The van der Waals surface area contributed by atoms with Gasteiger partial charge in [0.2, 0.25) is 0 Å². The standard InChI is InChI=1S/C11H13N3/c1-2-3-9-4-7-13-10(14-9)11(8-12)5-6-11/h4,7H,2-3,5-6H2,1H3. The van der Waals surface area contributed by atoms with Crippen molar-refractivity contribution in [3.05, 3.63) is 23.8 Å². The van der Waals surface area contributed by atoms with Crippen molar-refractivity contribution in [3.63, 3.8) is 0 Å². The minimum Gasteiger partial charge on any atom is -0.240 e. The maximum atomic E-state index is 9.00. The minimum absolute atomic E-state index is 0.344. The van der Waals surface area contributed by atoms with Crippen molar-refractivity contribution in [1.82, 2.24) is 9.97 Å². The highest BCUT2D eigenvalue weighted by molar-refractivity contribution is 5.29. The van der Waals surface area contributed by atoms with E-state index >= 15 is 0 Å². The van der Waals surface area contributed by atoms with Gasteiger partial charge in [0.25, 0.3) is 0 Å². The lowest BCUT2D eigenvalue weighted by Gasteiger charge is -2.05. The summed E-state index contributed by atoms with van der Waals surface area (Å²) in [6.45, 7) is 2.12. The number of aromatic nitrogens is 2. The van der Waals surface area contributed by atoms with E-state index in [1.54, 1.807) is 6.20 Å². The molecule has 1 aromatic rings. The highest BCUT2D eigenvalue weighted by atomic mass is 14.9. The van der Waals surface area contributed by atoms with E-state index in [1.165, 1.54) is 0 Å². The van der Waals surface area contributed by atoms with Gasteiger partial charge in [0.1, 0.15) is 11.2 Å². The predicted octanol–water partition coefficient (Wildman–Crippen LogP) is 1.98. The summed E-state index contributed by atoms with van der Waals surface area (Å²) >= 11 is 0. The van der Waals surface area contributed by atoms with Crippen LogP contribution in [0.2, 0.25) is 0 Å². The molecule has 0 radical (unpaired) electrons. The van der Waals surface area contributed by atoms with E-state index in [-0.39, 0.29) is 5.41 Å². The normalized spacial score (nSPS) is 17.4. The molecule has 3 heteroatoms. The number of aryl methyl sites for hydroxylation is 1. The Morgan fingerprint density at radius 3 is 2.93 bits per heavy atom. The van der Waals surface area contributed by atoms with Gasteiger partial charge in [0, 0.05) is 11.9 Å². The van der Waals surface area contributed by atoms with Crippen LogP contribution in [0, 0.1) is 11.3 Å². The molecule has 0 spiro atoms. The van der Waals surface area contributed by atoms with E-state index in [1.807, 2.05) is 6.07 Å². The van der Waals surface area contributed by atoms with Gasteiger partial charge in [-0.2, -0.15) is 5.26 Å². The molecule has 0 N–H and O–H groups in total. The summed E-state index contributed by atoms with van der Waals surface area (Å²) in [5, 5.41) is 9.00. The van der Waals surface area contributed by atoms with Crippen molar-refractivity contribution in [1.29, 1.82) is 5.26 Å². The van der Waals surface area contributed by atoms with Crippen LogP contribution in [0.5, 0.6) is 0 Å². The summed E-state index contributed by atoms with van der Waals surface area (Å²) in [7, 11) is 0. The fourth-order valence-corrected chi connectivity index (χ4v) is 1.53. The molecule has 0 aromatic carbocycles. The SMILES string of the molecule is CCCc1ccnc(C2(C#N)CC2)n1. The summed E-state index contributed by atoms with van der Waals surface area (Å²) in [6, 6.07) is 4.24. The molecule has 1 aliphatic rings. The molecule has 2 rings (SSSR count). The van der Waals surface area contributed by atoms with E-state index in [0.29, 0.717) is 0 Å². The summed E-state index contributed by atoms with van der Waals surface area (Å²) < 4.78 is 0. The van der Waals surface area contributed by atoms with Crippen LogP contribution < -0.4 is 0 Å². The van der Waals surface area contributed by atoms with Gasteiger partial charge < -0.3 is 0 Å². The first-order chi connectivity index (χ1) is 6.80. The maximum Gasteiger partial charge on any atom is 0.148 e. The van der Waals surface area contributed by atoms with Gasteiger partial charge in [-0.3, -0.25) is 0 Å². The van der Waals surface area contributed by atoms with Gasteiger partial charge in [-0.15, -0.1) is 0 Å². The molecule has 0 unspecified atom stereocenters. The van der Waals surface area contributed by atoms with E-state index in [4.69, 9.17) is 5.26 Å². The third-order valence-corrected chi connectivity index (χ3v) is 2.61. The number of nitrogens with zero attached hydrogens (tertiary/aromatic N) is 3. The van der Waals surface area contributed by atoms with Gasteiger partial charge >= 0.3 is 0 Å². The number of rotatable bonds is 3. The quantitative estimate of drug-likeness (QED) is 0.727. The Labute approximate surface area is 83.8 Å². The van der Waals surface area contributed by atoms with Crippen molar-refractivity contribution in [3.8, 4) is 6.07 Å². The molecule has 72 valence electrons. The zero-order valence-corrected chi connectivity index (χ0v) is 8.32. The molecule has 0 saturated heterocycles. The second-order valence-corrected chi connectivity index (χ2v) is 3.82. The van der Waals surface area contributed by atoms with Gasteiger partial charge in [-0.25, -0.2) is 9.97 Å². The van der Waals surface area contributed by atoms with Crippen molar-refractivity contribution in [2.45, 2.75) is 38.0 Å². The highest BCUT2D eigenvalue weighted by Crippen LogP contribution is 2.45. The Morgan fingerprint density at radius 1 is 1.57 bits per heavy atom. The van der Waals surface area contributed by atoms with Crippen LogP contribution in [-0.4, -0.2) is 9.97 Å². The lowest BCUT2D eigenvalue weighted by atomic mass is 10.1. The average molecular weight is 187 g/mol. The molecule has 1 saturated carbocycles. The molecule has 1 aromatic heterocycles. The lowest BCUT2D eigenvalue weighted by Crippen LogP contribution is -2.10. The van der Waals surface area contributed by atoms with Crippen molar-refractivity contribution in [2.75, 3.05) is 0 Å². The Kier molecular flexibility index (Phi) is 2.20. The largest absolute Gasteiger partial charge is 0.240 e. The molecule has 0 bridgehead atoms. The number of hydrogen-bond acceptors (Lipinski definition) is 3. The fraction of sp³-hybridized carbons (Fsp3) is 0.545. The molecular formula is C11H13N3. The van der Waals surface area contributed by atoms with Crippen LogP contribution >= 0.6 is 0 Å². The van der Waals surface area contributed by atoms with Crippen LogP contribution in [-0.2, 0) is 11.8 Å². The van der Waals surface area contributed by atoms with Crippen LogP contribution in [0.4, 0.5) is 0 Å². The number of nitriles is 1. The van der Waals surface area contributed by atoms with Gasteiger partial charge in [-0.05, 0) is 25.3 Å². The predicted molar refractivity (Wildman–Crippen MR) is 52.6 cm³/mol. The Balaban J connectivity index is 2.27. The first-order valence-electron chi connectivity index (χ1n) is 5.04. The number of hydrogen-bond donors (Lipinski definition) is 0. The molecule has 1 heterocycles. The zero-order chi connectivity index (χ0) is 10.0. The topological polar surface area (TPSA) is 49.6 Å². The summed E-state index contributed by atoms with van der Waals surface area (Å²) in [6.07, 6.45) is 5.65. The average Bonchev–Trinajstić information content (AvgIpc) is 2.99. The second-order valence-electron chi connectivity index (χ2n) is 3.82. The monoisotopic (exact) mass is 187 g/mol. The van der Waals surface area contributed by atoms with Crippen LogP contribution in [0.3, 0.4) is 0 Å². The Morgan fingerprint density at radius 2 is 2.36 bits per heavy atom. The first-order valence-corrected chi connectivity index (χ1v) is 5.04. The van der Waals surface area contributed by atoms with Crippen molar-refractivity contribution in [2.24, 2.45) is 0 Å². The van der Waals surface area contributed by atoms with E-state index in [0.717, 1.165) is 37.2 Å². The first kappa shape index (κ1) is 9.14. The highest BCUT2D eigenvalue weighted by Gasteiger charge is 2.47. The lowest BCUT2D eigenvalue weighted by molar-refractivity contribution is 0.763. The van der Waals surface area contributed by atoms with E-state index < -0.39 is 0 Å². The third kappa shape index (κ3) is 1.48. The van der Waals surface area contributed by atoms with Crippen LogP contribution in [0.15, 0.2) is 12.3 Å². The molecule has 0 atom stereocenters. The fourth-order valence-electron chi connectivity index (χ4n) is 1.53. The Bertz CT molecular complexity index is 374. The van der Waals surface area contributed by atoms with Gasteiger partial charge in [-0.1, -0.05) is 13.3 Å². The molecule has 0 amide bonds. The maximum absolute atomic E-state index is 9.00. The molecule has 3 nitrogen and oxygen atoms in total. The minimum atomic E-state index is -0.344. The second kappa shape index (κ2) is 3.38. The van der Waals surface area contributed by atoms with E-state index in [9.17, 15) is 0 Å². The molecular weight excluding hydrogens is 174 g/mol. The van der Waals surface area contributed by atoms with E-state index in [2.05, 4.69) is 23.0 Å². The van der Waals surface area contributed by atoms with Crippen molar-refractivity contribution >= 4 is 0 Å². The van der Waals surface area contributed by atoms with Gasteiger partial charge in [0.05, 0.1) is 6.07 Å². The van der Waals surface area contributed by atoms with Crippen LogP contribution in [0.25, 0.3) is 0 Å². The summed E-state index contributed by atoms with van der Waals surface area (Å²) in [5.74, 6) is 0.728. The third-order valence-electron chi connectivity index (χ3n) is 2.61. The Hall–Kier alpha value is -1.43. The smallest absolute Gasteiger partial charge is 0.148 e. The van der Waals surface area contributed by atoms with Crippen molar-refractivity contribution < 1.29 is 0 Å². The van der Waals surface area contributed by atoms with Gasteiger partial charge in [0.15, 0.2) is 0 Å². The summed E-state index contributed by atoms with van der Waals surface area (Å²) in [4.78, 5) is 8.63.